The van der Waals surface area contributed by atoms with Gasteiger partial charge in [-0.3, -0.25) is 4.79 Å². The Labute approximate surface area is 154 Å². The van der Waals surface area contributed by atoms with E-state index >= 15 is 0 Å². The fourth-order valence-corrected chi connectivity index (χ4v) is 4.31. The van der Waals surface area contributed by atoms with Crippen LogP contribution < -0.4 is 5.32 Å². The number of carbonyl (C=O) groups is 1. The normalized spacial score (nSPS) is 10.8. The van der Waals surface area contributed by atoms with Crippen molar-refractivity contribution in [1.82, 2.24) is 10.3 Å². The predicted octanol–water partition coefficient (Wildman–Crippen LogP) is 4.61. The number of amides is 1. The van der Waals surface area contributed by atoms with Crippen molar-refractivity contribution in [2.75, 3.05) is 6.54 Å². The predicted molar refractivity (Wildman–Crippen MR) is 102 cm³/mol. The maximum atomic E-state index is 12.9. The van der Waals surface area contributed by atoms with Crippen LogP contribution in [0.15, 0.2) is 41.8 Å². The van der Waals surface area contributed by atoms with Crippen molar-refractivity contribution in [3.63, 3.8) is 0 Å². The number of thiophene rings is 1. The van der Waals surface area contributed by atoms with Crippen LogP contribution in [0.5, 0.6) is 0 Å². The molecule has 0 aliphatic rings. The average Bonchev–Trinajstić information content (AvgIpc) is 3.24. The highest BCUT2D eigenvalue weighted by molar-refractivity contribution is 7.15. The van der Waals surface area contributed by atoms with E-state index in [9.17, 15) is 9.18 Å². The molecule has 0 radical (unpaired) electrons. The Hall–Kier alpha value is -2.05. The Kier molecular flexibility index (Phi) is 5.94. The van der Waals surface area contributed by atoms with Crippen molar-refractivity contribution in [2.24, 2.45) is 0 Å². The van der Waals surface area contributed by atoms with Crippen LogP contribution in [-0.2, 0) is 17.6 Å². The molecule has 3 rings (SSSR count). The zero-order chi connectivity index (χ0) is 17.6. The van der Waals surface area contributed by atoms with E-state index in [1.54, 1.807) is 34.8 Å². The second-order valence-corrected chi connectivity index (χ2v) is 7.94. The van der Waals surface area contributed by atoms with E-state index in [4.69, 9.17) is 0 Å². The van der Waals surface area contributed by atoms with E-state index in [1.807, 2.05) is 18.4 Å². The summed E-state index contributed by atoms with van der Waals surface area (Å²) in [7, 11) is 0. The van der Waals surface area contributed by atoms with Crippen LogP contribution in [0, 0.1) is 12.7 Å². The fraction of sp³-hybridized carbons (Fsp3) is 0.263. The van der Waals surface area contributed by atoms with Gasteiger partial charge in [-0.1, -0.05) is 18.2 Å². The lowest BCUT2D eigenvalue weighted by Crippen LogP contribution is -2.25. The molecule has 1 N–H and O–H groups in total. The van der Waals surface area contributed by atoms with Gasteiger partial charge in [0.05, 0.1) is 15.6 Å². The minimum atomic E-state index is -0.241. The zero-order valence-corrected chi connectivity index (χ0v) is 15.6. The second kappa shape index (κ2) is 8.36. The molecule has 6 heteroatoms. The smallest absolute Gasteiger partial charge is 0.220 e. The van der Waals surface area contributed by atoms with E-state index in [-0.39, 0.29) is 11.7 Å². The van der Waals surface area contributed by atoms with Crippen molar-refractivity contribution in [3.05, 3.63) is 63.0 Å². The van der Waals surface area contributed by atoms with Gasteiger partial charge in [-0.2, -0.15) is 0 Å². The van der Waals surface area contributed by atoms with Crippen molar-refractivity contribution >= 4 is 28.6 Å². The number of carbonyl (C=O) groups excluding carboxylic acids is 1. The molecule has 0 fully saturated rings. The number of hydrogen-bond donors (Lipinski definition) is 1. The molecule has 2 heterocycles. The third-order valence-electron chi connectivity index (χ3n) is 3.79. The molecule has 0 unspecified atom stereocenters. The van der Waals surface area contributed by atoms with Gasteiger partial charge in [0, 0.05) is 17.8 Å². The van der Waals surface area contributed by atoms with E-state index < -0.39 is 0 Å². The number of rotatable bonds is 7. The van der Waals surface area contributed by atoms with Crippen LogP contribution in [0.3, 0.4) is 0 Å². The summed E-state index contributed by atoms with van der Waals surface area (Å²) < 4.78 is 12.9. The Morgan fingerprint density at radius 1 is 1.20 bits per heavy atom. The highest BCUT2D eigenvalue weighted by Gasteiger charge is 2.13. The average molecular weight is 375 g/mol. The number of thiazole rings is 1. The highest BCUT2D eigenvalue weighted by Crippen LogP contribution is 2.31. The maximum Gasteiger partial charge on any atom is 0.220 e. The SMILES string of the molecule is Cc1nc(-c2cccs2)c(CCC(=O)NCCc2ccc(F)cc2)s1. The van der Waals surface area contributed by atoms with Crippen molar-refractivity contribution in [2.45, 2.75) is 26.2 Å². The summed E-state index contributed by atoms with van der Waals surface area (Å²) in [6.07, 6.45) is 1.84. The topological polar surface area (TPSA) is 42.0 Å². The Morgan fingerprint density at radius 3 is 2.72 bits per heavy atom. The fourth-order valence-electron chi connectivity index (χ4n) is 2.56. The third kappa shape index (κ3) is 4.96. The van der Waals surface area contributed by atoms with Crippen LogP contribution >= 0.6 is 22.7 Å². The summed E-state index contributed by atoms with van der Waals surface area (Å²) in [5.74, 6) is -0.209. The van der Waals surface area contributed by atoms with Gasteiger partial charge < -0.3 is 5.32 Å². The summed E-state index contributed by atoms with van der Waals surface area (Å²) in [6, 6.07) is 10.4. The largest absolute Gasteiger partial charge is 0.356 e. The number of nitrogens with one attached hydrogen (secondary N) is 1. The van der Waals surface area contributed by atoms with Crippen molar-refractivity contribution < 1.29 is 9.18 Å². The first-order chi connectivity index (χ1) is 12.1. The van der Waals surface area contributed by atoms with Crippen molar-refractivity contribution in [1.29, 1.82) is 0 Å². The number of hydrogen-bond acceptors (Lipinski definition) is 4. The van der Waals surface area contributed by atoms with Crippen LogP contribution in [0.2, 0.25) is 0 Å². The van der Waals surface area contributed by atoms with Crippen LogP contribution in [0.4, 0.5) is 4.39 Å². The molecule has 0 saturated heterocycles. The number of nitrogens with zero attached hydrogens (tertiary/aromatic N) is 1. The number of benzene rings is 1. The molecule has 3 aromatic rings. The van der Waals surface area contributed by atoms with Gasteiger partial charge in [0.2, 0.25) is 5.91 Å². The first kappa shape index (κ1) is 17.8. The molecule has 3 nitrogen and oxygen atoms in total. The lowest BCUT2D eigenvalue weighted by atomic mass is 10.1. The molecular formula is C19H19FN2OS2. The first-order valence-corrected chi connectivity index (χ1v) is 9.83. The van der Waals surface area contributed by atoms with Crippen molar-refractivity contribution in [3.8, 4) is 10.6 Å². The molecule has 1 aromatic carbocycles. The quantitative estimate of drug-likeness (QED) is 0.656. The second-order valence-electron chi connectivity index (χ2n) is 5.71. The molecule has 130 valence electrons. The number of aromatic nitrogens is 1. The van der Waals surface area contributed by atoms with Crippen LogP contribution in [-0.4, -0.2) is 17.4 Å². The number of aryl methyl sites for hydroxylation is 2. The third-order valence-corrected chi connectivity index (χ3v) is 5.69. The first-order valence-electron chi connectivity index (χ1n) is 8.13. The van der Waals surface area contributed by atoms with Gasteiger partial charge in [-0.05, 0) is 48.9 Å². The van der Waals surface area contributed by atoms with Gasteiger partial charge in [-0.15, -0.1) is 22.7 Å². The van der Waals surface area contributed by atoms with Crippen LogP contribution in [0.25, 0.3) is 10.6 Å². The van der Waals surface area contributed by atoms with Crippen LogP contribution in [0.1, 0.15) is 21.9 Å². The summed E-state index contributed by atoms with van der Waals surface area (Å²) in [5, 5.41) is 5.99. The highest BCUT2D eigenvalue weighted by atomic mass is 32.1. The Balaban J connectivity index is 1.49. The zero-order valence-electron chi connectivity index (χ0n) is 13.9. The van der Waals surface area contributed by atoms with E-state index in [0.29, 0.717) is 25.8 Å². The monoisotopic (exact) mass is 374 g/mol. The summed E-state index contributed by atoms with van der Waals surface area (Å²) >= 11 is 3.32. The maximum absolute atomic E-state index is 12.9. The summed E-state index contributed by atoms with van der Waals surface area (Å²) in [6.45, 7) is 2.55. The van der Waals surface area contributed by atoms with Gasteiger partial charge in [-0.25, -0.2) is 9.37 Å². The minimum Gasteiger partial charge on any atom is -0.356 e. The van der Waals surface area contributed by atoms with Gasteiger partial charge in [0.25, 0.3) is 0 Å². The van der Waals surface area contributed by atoms with Gasteiger partial charge >= 0.3 is 0 Å². The van der Waals surface area contributed by atoms with E-state index in [2.05, 4.69) is 16.4 Å². The molecule has 0 atom stereocenters. The molecule has 0 aliphatic heterocycles. The molecule has 25 heavy (non-hydrogen) atoms. The van der Waals surface area contributed by atoms with E-state index in [1.165, 1.54) is 12.1 Å². The Morgan fingerprint density at radius 2 is 2.00 bits per heavy atom. The molecular weight excluding hydrogens is 355 g/mol. The summed E-state index contributed by atoms with van der Waals surface area (Å²) in [5.41, 5.74) is 2.02. The molecule has 1 amide bonds. The Bertz CT molecular complexity index is 826. The lowest BCUT2D eigenvalue weighted by Gasteiger charge is -2.05. The molecule has 0 aliphatic carbocycles. The number of halogens is 1. The minimum absolute atomic E-state index is 0.0327. The lowest BCUT2D eigenvalue weighted by molar-refractivity contribution is -0.121. The van der Waals surface area contributed by atoms with Gasteiger partial charge in [0.15, 0.2) is 0 Å². The molecule has 2 aromatic heterocycles. The molecule has 0 saturated carbocycles. The molecule has 0 spiro atoms. The summed E-state index contributed by atoms with van der Waals surface area (Å²) in [4.78, 5) is 19.0. The van der Waals surface area contributed by atoms with Gasteiger partial charge in [0.1, 0.15) is 5.82 Å². The molecule has 0 bridgehead atoms. The van der Waals surface area contributed by atoms with E-state index in [0.717, 1.165) is 26.0 Å². The standard InChI is InChI=1S/C19H19FN2OS2/c1-13-22-19(16-3-2-12-24-16)17(25-13)8-9-18(23)21-11-10-14-4-6-15(20)7-5-14/h2-7,12H,8-11H2,1H3,(H,21,23).